The average molecular weight is 369 g/mol. The first kappa shape index (κ1) is 16.5. The van der Waals surface area contributed by atoms with Gasteiger partial charge in [-0.15, -0.1) is 0 Å². The number of halogens is 1. The maximum Gasteiger partial charge on any atom is 0.341 e. The van der Waals surface area contributed by atoms with Crippen LogP contribution >= 0.6 is 0 Å². The van der Waals surface area contributed by atoms with Crippen LogP contribution in [0.15, 0.2) is 23.1 Å². The summed E-state index contributed by atoms with van der Waals surface area (Å²) < 4.78 is 16.4. The van der Waals surface area contributed by atoms with E-state index in [2.05, 4.69) is 0 Å². The third kappa shape index (κ3) is 2.41. The van der Waals surface area contributed by atoms with Gasteiger partial charge in [-0.3, -0.25) is 9.20 Å². The van der Waals surface area contributed by atoms with Crippen molar-refractivity contribution in [1.29, 1.82) is 0 Å². The van der Waals surface area contributed by atoms with Crippen LogP contribution in [0.5, 0.6) is 0 Å². The summed E-state index contributed by atoms with van der Waals surface area (Å²) in [5, 5.41) is 9.41. The Hall–Kier alpha value is -2.67. The smallest absolute Gasteiger partial charge is 0.341 e. The molecule has 0 bridgehead atoms. The predicted molar refractivity (Wildman–Crippen MR) is 99.9 cm³/mol. The lowest BCUT2D eigenvalue weighted by atomic mass is 10.0. The van der Waals surface area contributed by atoms with Crippen LogP contribution in [0.25, 0.3) is 11.6 Å². The molecule has 2 aromatic heterocycles. The molecule has 1 saturated heterocycles. The summed E-state index contributed by atoms with van der Waals surface area (Å²) in [4.78, 5) is 26.3. The van der Waals surface area contributed by atoms with Gasteiger partial charge in [0, 0.05) is 24.2 Å². The highest BCUT2D eigenvalue weighted by Crippen LogP contribution is 2.45. The predicted octanol–water partition coefficient (Wildman–Crippen LogP) is 2.34. The number of pyridine rings is 2. The van der Waals surface area contributed by atoms with Gasteiger partial charge in [-0.2, -0.15) is 0 Å². The van der Waals surface area contributed by atoms with E-state index in [1.807, 2.05) is 17.1 Å². The van der Waals surface area contributed by atoms with Crippen molar-refractivity contribution in [3.05, 3.63) is 51.2 Å². The molecule has 2 fully saturated rings. The van der Waals surface area contributed by atoms with E-state index in [-0.39, 0.29) is 23.6 Å². The lowest BCUT2D eigenvalue weighted by molar-refractivity contribution is 0.0694. The van der Waals surface area contributed by atoms with Gasteiger partial charge in [-0.05, 0) is 43.2 Å². The fourth-order valence-electron chi connectivity index (χ4n) is 4.58. The second-order valence-electron chi connectivity index (χ2n) is 7.80. The lowest BCUT2D eigenvalue weighted by Gasteiger charge is -2.27. The SMILES string of the molecule is N[C@H]1CC2CC=Cc3c(c(F)cn4c(=O)c(C(=O)O)cc(C5CC5)c34)N2C1. The second-order valence-corrected chi connectivity index (χ2v) is 7.80. The molecule has 5 rings (SSSR count). The summed E-state index contributed by atoms with van der Waals surface area (Å²) in [6.45, 7) is 0.572. The van der Waals surface area contributed by atoms with E-state index in [9.17, 15) is 14.7 Å². The van der Waals surface area contributed by atoms with Gasteiger partial charge in [0.2, 0.25) is 0 Å². The molecule has 140 valence electrons. The summed E-state index contributed by atoms with van der Waals surface area (Å²) in [6, 6.07) is 1.62. The zero-order chi connectivity index (χ0) is 18.9. The Labute approximate surface area is 154 Å². The van der Waals surface area contributed by atoms with Gasteiger partial charge in [0.05, 0.1) is 17.4 Å². The quantitative estimate of drug-likeness (QED) is 0.848. The van der Waals surface area contributed by atoms with Crippen LogP contribution in [0, 0.1) is 5.82 Å². The Kier molecular flexibility index (Phi) is 3.46. The first-order valence-electron chi connectivity index (χ1n) is 9.29. The number of nitrogens with zero attached hydrogens (tertiary/aromatic N) is 2. The Balaban J connectivity index is 1.88. The van der Waals surface area contributed by atoms with Gasteiger partial charge in [-0.25, -0.2) is 9.18 Å². The van der Waals surface area contributed by atoms with Gasteiger partial charge < -0.3 is 15.7 Å². The Morgan fingerprint density at radius 3 is 2.81 bits per heavy atom. The van der Waals surface area contributed by atoms with E-state index >= 15 is 4.39 Å². The molecule has 1 aliphatic carbocycles. The number of hydrogen-bond acceptors (Lipinski definition) is 4. The topological polar surface area (TPSA) is 88.0 Å². The van der Waals surface area contributed by atoms with Crippen LogP contribution in [0.1, 0.15) is 53.1 Å². The Bertz CT molecular complexity index is 1070. The third-order valence-electron chi connectivity index (χ3n) is 5.92. The van der Waals surface area contributed by atoms with E-state index in [1.165, 1.54) is 10.5 Å². The summed E-state index contributed by atoms with van der Waals surface area (Å²) in [6.07, 6.45) is 8.49. The van der Waals surface area contributed by atoms with E-state index in [4.69, 9.17) is 5.73 Å². The molecular weight excluding hydrogens is 349 g/mol. The molecule has 1 unspecified atom stereocenters. The maximum absolute atomic E-state index is 15.2. The number of aromatic nitrogens is 1. The van der Waals surface area contributed by atoms with Crippen molar-refractivity contribution in [3.8, 4) is 0 Å². The van der Waals surface area contributed by atoms with Crippen LogP contribution in [0.3, 0.4) is 0 Å². The molecule has 4 heterocycles. The summed E-state index contributed by atoms with van der Waals surface area (Å²) in [7, 11) is 0. The summed E-state index contributed by atoms with van der Waals surface area (Å²) in [5.41, 5.74) is 7.69. The number of carboxylic acid groups (broad SMARTS) is 1. The van der Waals surface area contributed by atoms with Crippen LogP contribution in [0.4, 0.5) is 10.1 Å². The molecule has 3 aliphatic rings. The molecule has 0 radical (unpaired) electrons. The number of nitrogens with two attached hydrogens (primary N) is 1. The van der Waals surface area contributed by atoms with Crippen molar-refractivity contribution < 1.29 is 14.3 Å². The van der Waals surface area contributed by atoms with Crippen molar-refractivity contribution in [1.82, 2.24) is 4.40 Å². The van der Waals surface area contributed by atoms with Crippen LogP contribution in [0.2, 0.25) is 0 Å². The molecule has 0 amide bonds. The molecule has 6 nitrogen and oxygen atoms in total. The summed E-state index contributed by atoms with van der Waals surface area (Å²) in [5.74, 6) is -1.59. The highest BCUT2D eigenvalue weighted by molar-refractivity contribution is 5.91. The van der Waals surface area contributed by atoms with E-state index in [0.29, 0.717) is 23.3 Å². The van der Waals surface area contributed by atoms with Crippen molar-refractivity contribution in [2.24, 2.45) is 5.73 Å². The molecule has 2 aliphatic heterocycles. The van der Waals surface area contributed by atoms with E-state index < -0.39 is 17.3 Å². The normalized spacial score (nSPS) is 24.0. The number of carbonyl (C=O) groups is 1. The van der Waals surface area contributed by atoms with Crippen molar-refractivity contribution in [2.45, 2.75) is 43.7 Å². The average Bonchev–Trinajstić information content (AvgIpc) is 3.40. The van der Waals surface area contributed by atoms with Gasteiger partial charge in [-0.1, -0.05) is 12.2 Å². The molecule has 2 aromatic rings. The zero-order valence-electron chi connectivity index (χ0n) is 14.7. The molecule has 1 saturated carbocycles. The fourth-order valence-corrected chi connectivity index (χ4v) is 4.58. The first-order valence-corrected chi connectivity index (χ1v) is 9.29. The van der Waals surface area contributed by atoms with Crippen molar-refractivity contribution >= 4 is 23.2 Å². The van der Waals surface area contributed by atoms with Gasteiger partial charge in [0.15, 0.2) is 5.82 Å². The van der Waals surface area contributed by atoms with Gasteiger partial charge >= 0.3 is 5.97 Å². The highest BCUT2D eigenvalue weighted by Gasteiger charge is 2.36. The van der Waals surface area contributed by atoms with Crippen molar-refractivity contribution in [2.75, 3.05) is 11.4 Å². The molecule has 0 spiro atoms. The minimum atomic E-state index is -1.28. The maximum atomic E-state index is 15.2. The number of rotatable bonds is 2. The molecule has 3 N–H and O–H groups in total. The molecule has 2 atom stereocenters. The number of aromatic carboxylic acids is 1. The molecular formula is C20H20FN3O3. The summed E-state index contributed by atoms with van der Waals surface area (Å²) >= 11 is 0. The van der Waals surface area contributed by atoms with Crippen molar-refractivity contribution in [3.63, 3.8) is 0 Å². The molecule has 0 aromatic carbocycles. The zero-order valence-corrected chi connectivity index (χ0v) is 14.7. The van der Waals surface area contributed by atoms with Gasteiger partial charge in [0.1, 0.15) is 5.56 Å². The van der Waals surface area contributed by atoms with Crippen LogP contribution < -0.4 is 16.2 Å². The number of carboxylic acids is 1. The second kappa shape index (κ2) is 5.66. The highest BCUT2D eigenvalue weighted by atomic mass is 19.1. The van der Waals surface area contributed by atoms with E-state index in [0.717, 1.165) is 37.4 Å². The van der Waals surface area contributed by atoms with Gasteiger partial charge in [0.25, 0.3) is 5.56 Å². The Morgan fingerprint density at radius 1 is 1.33 bits per heavy atom. The molecule has 7 heteroatoms. The van der Waals surface area contributed by atoms with E-state index in [1.54, 1.807) is 0 Å². The molecule has 27 heavy (non-hydrogen) atoms. The monoisotopic (exact) mass is 369 g/mol. The minimum Gasteiger partial charge on any atom is -0.477 e. The number of fused-ring (bicyclic) bond motifs is 5. The largest absolute Gasteiger partial charge is 0.477 e. The minimum absolute atomic E-state index is 0.00976. The Morgan fingerprint density at radius 2 is 2.11 bits per heavy atom. The van der Waals surface area contributed by atoms with Crippen LogP contribution in [-0.4, -0.2) is 34.1 Å². The van der Waals surface area contributed by atoms with Crippen LogP contribution in [-0.2, 0) is 0 Å². The third-order valence-corrected chi connectivity index (χ3v) is 5.92. The first-order chi connectivity index (χ1) is 13.0. The standard InChI is InChI=1S/C20H20FN3O3/c21-16-9-24-17(14(10-4-5-10)7-15(19(24)25)20(26)27)13-3-1-2-12-6-11(22)8-23(12)18(13)16/h1,3,7,9-12H,2,4-6,8,22H2,(H,26,27)/t11-,12?/m0/s1. The fraction of sp³-hybridized carbons (Fsp3) is 0.400. The number of anilines is 1. The lowest BCUT2D eigenvalue weighted by Crippen LogP contribution is -2.32. The number of hydrogen-bond donors (Lipinski definition) is 2.